The number of ether oxygens (including phenoxy) is 1. The second-order valence-corrected chi connectivity index (χ2v) is 11.6. The number of rotatable bonds is 10. The number of nitrogens with zero attached hydrogens (tertiary/aromatic N) is 2. The van der Waals surface area contributed by atoms with Crippen LogP contribution in [0.1, 0.15) is 66.3 Å². The van der Waals surface area contributed by atoms with Gasteiger partial charge in [-0.15, -0.1) is 0 Å². The molecule has 2 fully saturated rings. The fraction of sp³-hybridized carbons (Fsp3) is 0.545. The van der Waals surface area contributed by atoms with Crippen molar-refractivity contribution in [1.82, 2.24) is 9.80 Å². The highest BCUT2D eigenvalue weighted by Gasteiger charge is 2.34. The minimum atomic E-state index is -0.328. The van der Waals surface area contributed by atoms with E-state index < -0.39 is 0 Å². The maximum absolute atomic E-state index is 13.0. The number of phenolic OH excluding ortho intramolecular Hbond substituents is 1. The first kappa shape index (κ1) is 27.9. The lowest BCUT2D eigenvalue weighted by atomic mass is 9.83. The molecule has 0 unspecified atom stereocenters. The van der Waals surface area contributed by atoms with E-state index in [1.807, 2.05) is 50.2 Å². The van der Waals surface area contributed by atoms with Crippen LogP contribution in [-0.4, -0.2) is 60.8 Å². The van der Waals surface area contributed by atoms with Crippen molar-refractivity contribution in [3.63, 3.8) is 0 Å². The smallest absolute Gasteiger partial charge is 0.340 e. The Morgan fingerprint density at radius 2 is 1.87 bits per heavy atom. The Kier molecular flexibility index (Phi) is 9.06. The fourth-order valence-corrected chi connectivity index (χ4v) is 6.94. The molecule has 3 heterocycles. The van der Waals surface area contributed by atoms with Crippen LogP contribution >= 0.6 is 0 Å². The van der Waals surface area contributed by atoms with E-state index in [9.17, 15) is 9.90 Å². The molecule has 2 aliphatic heterocycles. The summed E-state index contributed by atoms with van der Waals surface area (Å²) in [4.78, 5) is 18.2. The summed E-state index contributed by atoms with van der Waals surface area (Å²) in [6, 6.07) is 12.6. The fourth-order valence-electron chi connectivity index (χ4n) is 6.94. The second-order valence-electron chi connectivity index (χ2n) is 11.6. The third-order valence-electron chi connectivity index (χ3n) is 9.02. The summed E-state index contributed by atoms with van der Waals surface area (Å²) in [5, 5.41) is 12.3. The van der Waals surface area contributed by atoms with Crippen LogP contribution in [0.2, 0.25) is 0 Å². The van der Waals surface area contributed by atoms with Crippen LogP contribution in [0.15, 0.2) is 45.6 Å². The molecule has 2 saturated heterocycles. The van der Waals surface area contributed by atoms with Crippen LogP contribution in [-0.2, 0) is 17.7 Å². The van der Waals surface area contributed by atoms with E-state index in [1.165, 1.54) is 45.2 Å². The van der Waals surface area contributed by atoms with Crippen LogP contribution in [0, 0.1) is 19.8 Å². The maximum atomic E-state index is 13.0. The molecular formula is C33H44N2O4. The van der Waals surface area contributed by atoms with Gasteiger partial charge in [0.15, 0.2) is 0 Å². The molecule has 39 heavy (non-hydrogen) atoms. The number of methoxy groups -OCH3 is 1. The molecule has 5 rings (SSSR count). The molecule has 6 nitrogen and oxygen atoms in total. The number of phenols is 1. The van der Waals surface area contributed by atoms with E-state index in [2.05, 4.69) is 9.80 Å². The van der Waals surface area contributed by atoms with Gasteiger partial charge in [-0.25, -0.2) is 4.79 Å². The average Bonchev–Trinajstić information content (AvgIpc) is 2.94. The quantitative estimate of drug-likeness (QED) is 0.263. The predicted molar refractivity (Wildman–Crippen MR) is 157 cm³/mol. The van der Waals surface area contributed by atoms with Gasteiger partial charge in [0.1, 0.15) is 11.3 Å². The molecule has 0 saturated carbocycles. The molecule has 0 radical (unpaired) electrons. The van der Waals surface area contributed by atoms with Crippen LogP contribution < -0.4 is 5.63 Å². The molecule has 0 spiro atoms. The lowest BCUT2D eigenvalue weighted by Crippen LogP contribution is -2.51. The Balaban J connectivity index is 1.46. The molecule has 0 bridgehead atoms. The van der Waals surface area contributed by atoms with E-state index in [0.717, 1.165) is 48.4 Å². The van der Waals surface area contributed by atoms with E-state index >= 15 is 0 Å². The van der Waals surface area contributed by atoms with Gasteiger partial charge in [-0.3, -0.25) is 4.90 Å². The Bertz CT molecular complexity index is 1320. The standard InChI is InChI=1S/C33H44N2O4/c1-23-19-30-31(24(2)27(33(37)39-30)20-25-11-5-4-6-12-25)32(36)28(23)22-34(15-10-18-38-3)21-26-13-9-17-35-16-8-7-14-29(26)35/h4-6,11-12,19,26,29,36H,7-10,13-18,20-22H2,1-3H3/t26-,29+/m0/s1. The monoisotopic (exact) mass is 532 g/mol. The topological polar surface area (TPSA) is 66.1 Å². The lowest BCUT2D eigenvalue weighted by Gasteiger charge is -2.45. The summed E-state index contributed by atoms with van der Waals surface area (Å²) in [7, 11) is 1.76. The van der Waals surface area contributed by atoms with Crippen molar-refractivity contribution in [3.8, 4) is 5.75 Å². The number of aryl methyl sites for hydroxylation is 2. The minimum absolute atomic E-state index is 0.250. The summed E-state index contributed by atoms with van der Waals surface area (Å²) < 4.78 is 11.2. The highest BCUT2D eigenvalue weighted by molar-refractivity contribution is 5.89. The summed E-state index contributed by atoms with van der Waals surface area (Å²) in [5.41, 5.74) is 4.48. The SMILES string of the molecule is COCCCN(Cc1c(C)cc2oc(=O)c(Cc3ccccc3)c(C)c2c1O)C[C@@H]1CCCN2CCCC[C@H]12. The number of aromatic hydroxyl groups is 1. The molecule has 0 amide bonds. The Labute approximate surface area is 232 Å². The van der Waals surface area contributed by atoms with Crippen molar-refractivity contribution in [2.45, 2.75) is 71.4 Å². The first-order chi connectivity index (χ1) is 19.0. The highest BCUT2D eigenvalue weighted by Crippen LogP contribution is 2.37. The third-order valence-corrected chi connectivity index (χ3v) is 9.02. The number of piperidine rings is 2. The normalized spacial score (nSPS) is 20.0. The average molecular weight is 533 g/mol. The van der Waals surface area contributed by atoms with Gasteiger partial charge >= 0.3 is 5.63 Å². The lowest BCUT2D eigenvalue weighted by molar-refractivity contribution is 0.0371. The molecule has 210 valence electrons. The zero-order chi connectivity index (χ0) is 27.4. The molecule has 2 aliphatic rings. The largest absolute Gasteiger partial charge is 0.507 e. The Morgan fingerprint density at radius 3 is 2.67 bits per heavy atom. The Morgan fingerprint density at radius 1 is 1.08 bits per heavy atom. The first-order valence-electron chi connectivity index (χ1n) is 14.7. The van der Waals surface area contributed by atoms with Gasteiger partial charge < -0.3 is 19.2 Å². The van der Waals surface area contributed by atoms with E-state index in [-0.39, 0.29) is 11.4 Å². The summed E-state index contributed by atoms with van der Waals surface area (Å²) in [6.45, 7) is 9.79. The molecule has 2 atom stereocenters. The zero-order valence-electron chi connectivity index (χ0n) is 23.9. The third kappa shape index (κ3) is 6.24. The van der Waals surface area contributed by atoms with Gasteiger partial charge in [0.2, 0.25) is 0 Å². The maximum Gasteiger partial charge on any atom is 0.340 e. The molecule has 3 aromatic rings. The van der Waals surface area contributed by atoms with Crippen LogP contribution in [0.5, 0.6) is 5.75 Å². The van der Waals surface area contributed by atoms with Crippen molar-refractivity contribution in [1.29, 1.82) is 0 Å². The molecule has 1 aromatic heterocycles. The van der Waals surface area contributed by atoms with Crippen LogP contribution in [0.3, 0.4) is 0 Å². The van der Waals surface area contributed by atoms with Gasteiger partial charge in [-0.2, -0.15) is 0 Å². The van der Waals surface area contributed by atoms with Crippen LogP contribution in [0.25, 0.3) is 11.0 Å². The van der Waals surface area contributed by atoms with Crippen molar-refractivity contribution < 1.29 is 14.3 Å². The molecule has 0 aliphatic carbocycles. The number of benzene rings is 2. The van der Waals surface area contributed by atoms with Gasteiger partial charge in [-0.05, 0) is 87.7 Å². The van der Waals surface area contributed by atoms with Crippen molar-refractivity contribution >= 4 is 11.0 Å². The summed E-state index contributed by atoms with van der Waals surface area (Å²) in [6.07, 6.45) is 7.96. The number of fused-ring (bicyclic) bond motifs is 2. The number of hydrogen-bond donors (Lipinski definition) is 1. The number of hydrogen-bond acceptors (Lipinski definition) is 6. The van der Waals surface area contributed by atoms with Crippen molar-refractivity contribution in [2.75, 3.05) is 39.9 Å². The minimum Gasteiger partial charge on any atom is -0.507 e. The zero-order valence-corrected chi connectivity index (χ0v) is 23.9. The first-order valence-corrected chi connectivity index (χ1v) is 14.7. The van der Waals surface area contributed by atoms with Crippen molar-refractivity contribution in [3.05, 3.63) is 74.6 Å². The summed E-state index contributed by atoms with van der Waals surface area (Å²) >= 11 is 0. The van der Waals surface area contributed by atoms with Crippen molar-refractivity contribution in [2.24, 2.45) is 5.92 Å². The molecule has 2 aromatic carbocycles. The van der Waals surface area contributed by atoms with Gasteiger partial charge in [0.05, 0.1) is 5.39 Å². The molecular weight excluding hydrogens is 488 g/mol. The van der Waals surface area contributed by atoms with E-state index in [1.54, 1.807) is 7.11 Å². The molecule has 6 heteroatoms. The molecule has 1 N–H and O–H groups in total. The highest BCUT2D eigenvalue weighted by atomic mass is 16.5. The van der Waals surface area contributed by atoms with E-state index in [0.29, 0.717) is 41.5 Å². The van der Waals surface area contributed by atoms with Crippen LogP contribution in [0.4, 0.5) is 0 Å². The second kappa shape index (κ2) is 12.7. The summed E-state index contributed by atoms with van der Waals surface area (Å²) in [5.74, 6) is 0.905. The Hall–Kier alpha value is -2.67. The van der Waals surface area contributed by atoms with Gasteiger partial charge in [0, 0.05) is 56.9 Å². The predicted octanol–water partition coefficient (Wildman–Crippen LogP) is 5.81. The van der Waals surface area contributed by atoms with E-state index in [4.69, 9.17) is 9.15 Å². The van der Waals surface area contributed by atoms with Gasteiger partial charge in [-0.1, -0.05) is 36.8 Å². The van der Waals surface area contributed by atoms with Gasteiger partial charge in [0.25, 0.3) is 0 Å².